The Balaban J connectivity index is 2.00. The molecule has 0 aliphatic heterocycles. The summed E-state index contributed by atoms with van der Waals surface area (Å²) >= 11 is 0. The molecule has 0 spiro atoms. The SMILES string of the molecule is O=C(O)C12CC3C[C@H](C1)C(F)(F)[C@H](C3)C2. The molecule has 0 unspecified atom stereocenters. The summed E-state index contributed by atoms with van der Waals surface area (Å²) in [5.74, 6) is -4.55. The van der Waals surface area contributed by atoms with Crippen molar-refractivity contribution >= 4 is 5.97 Å². The quantitative estimate of drug-likeness (QED) is 0.731. The molecule has 2 nitrogen and oxygen atoms in total. The summed E-state index contributed by atoms with van der Waals surface area (Å²) in [5, 5.41) is 9.20. The van der Waals surface area contributed by atoms with Gasteiger partial charge in [-0.3, -0.25) is 4.79 Å². The smallest absolute Gasteiger partial charge is 0.309 e. The van der Waals surface area contributed by atoms with E-state index < -0.39 is 29.1 Å². The van der Waals surface area contributed by atoms with E-state index in [-0.39, 0.29) is 18.8 Å². The third-order valence-electron chi connectivity index (χ3n) is 4.73. The Labute approximate surface area is 86.7 Å². The number of carbonyl (C=O) groups is 1. The summed E-state index contributed by atoms with van der Waals surface area (Å²) in [6.45, 7) is 0. The maximum Gasteiger partial charge on any atom is 0.309 e. The first-order valence-corrected chi connectivity index (χ1v) is 5.55. The van der Waals surface area contributed by atoms with E-state index in [1.807, 2.05) is 0 Å². The third kappa shape index (κ3) is 1.05. The van der Waals surface area contributed by atoms with Gasteiger partial charge in [-0.05, 0) is 38.0 Å². The highest BCUT2D eigenvalue weighted by molar-refractivity contribution is 5.75. The molecule has 0 saturated heterocycles. The van der Waals surface area contributed by atoms with Gasteiger partial charge in [-0.1, -0.05) is 0 Å². The van der Waals surface area contributed by atoms with Crippen molar-refractivity contribution in [3.05, 3.63) is 0 Å². The Kier molecular flexibility index (Phi) is 1.61. The van der Waals surface area contributed by atoms with Crippen molar-refractivity contribution in [2.75, 3.05) is 0 Å². The Morgan fingerprint density at radius 1 is 1.13 bits per heavy atom. The van der Waals surface area contributed by atoms with Crippen LogP contribution in [-0.4, -0.2) is 17.0 Å². The molecule has 0 aromatic carbocycles. The lowest BCUT2D eigenvalue weighted by molar-refractivity contribution is -0.230. The van der Waals surface area contributed by atoms with Crippen LogP contribution < -0.4 is 0 Å². The number of halogens is 2. The van der Waals surface area contributed by atoms with Crippen LogP contribution in [0.25, 0.3) is 0 Å². The maximum absolute atomic E-state index is 13.7. The molecule has 0 radical (unpaired) electrons. The summed E-state index contributed by atoms with van der Waals surface area (Å²) in [5.41, 5.74) is -0.807. The van der Waals surface area contributed by atoms with Crippen LogP contribution in [0.2, 0.25) is 0 Å². The minimum absolute atomic E-state index is 0.197. The average molecular weight is 216 g/mol. The molecule has 0 amide bonds. The predicted molar refractivity (Wildman–Crippen MR) is 48.6 cm³/mol. The van der Waals surface area contributed by atoms with Crippen molar-refractivity contribution in [1.82, 2.24) is 0 Å². The molecule has 1 N–H and O–H groups in total. The van der Waals surface area contributed by atoms with Gasteiger partial charge in [0.25, 0.3) is 5.92 Å². The molecular formula is C11H14F2O2. The van der Waals surface area contributed by atoms with Gasteiger partial charge in [0, 0.05) is 11.8 Å². The molecule has 0 aromatic heterocycles. The molecule has 2 atom stereocenters. The topological polar surface area (TPSA) is 37.3 Å². The van der Waals surface area contributed by atoms with E-state index in [1.165, 1.54) is 0 Å². The van der Waals surface area contributed by atoms with Gasteiger partial charge in [-0.25, -0.2) is 8.78 Å². The van der Waals surface area contributed by atoms with Crippen molar-refractivity contribution in [1.29, 1.82) is 0 Å². The van der Waals surface area contributed by atoms with Crippen molar-refractivity contribution < 1.29 is 18.7 Å². The maximum atomic E-state index is 13.7. The zero-order valence-electron chi connectivity index (χ0n) is 8.38. The van der Waals surface area contributed by atoms with Gasteiger partial charge in [0.15, 0.2) is 0 Å². The second kappa shape index (κ2) is 2.53. The van der Waals surface area contributed by atoms with E-state index in [0.717, 1.165) is 0 Å². The van der Waals surface area contributed by atoms with Crippen LogP contribution in [0.5, 0.6) is 0 Å². The highest BCUT2D eigenvalue weighted by Gasteiger charge is 2.66. The van der Waals surface area contributed by atoms with Crippen LogP contribution in [0.3, 0.4) is 0 Å². The minimum atomic E-state index is -2.60. The van der Waals surface area contributed by atoms with E-state index in [1.54, 1.807) is 0 Å². The average Bonchev–Trinajstić information content (AvgIpc) is 2.13. The Morgan fingerprint density at radius 2 is 1.67 bits per heavy atom. The number of hydrogen-bond acceptors (Lipinski definition) is 1. The summed E-state index contributed by atoms with van der Waals surface area (Å²) in [4.78, 5) is 11.2. The number of hydrogen-bond donors (Lipinski definition) is 1. The number of rotatable bonds is 1. The molecule has 4 aliphatic rings. The third-order valence-corrected chi connectivity index (χ3v) is 4.73. The number of alkyl halides is 2. The Bertz CT molecular complexity index is 309. The molecule has 0 heterocycles. The molecule has 4 aliphatic carbocycles. The van der Waals surface area contributed by atoms with Crippen LogP contribution in [0.15, 0.2) is 0 Å². The molecule has 4 saturated carbocycles. The van der Waals surface area contributed by atoms with Crippen LogP contribution in [0.4, 0.5) is 8.78 Å². The monoisotopic (exact) mass is 216 g/mol. The van der Waals surface area contributed by atoms with E-state index in [9.17, 15) is 18.7 Å². The largest absolute Gasteiger partial charge is 0.481 e. The molecule has 4 heteroatoms. The molecule has 4 bridgehead atoms. The molecule has 15 heavy (non-hydrogen) atoms. The summed E-state index contributed by atoms with van der Waals surface area (Å²) in [6.07, 6.45) is 2.10. The molecule has 4 rings (SSSR count). The summed E-state index contributed by atoms with van der Waals surface area (Å²) in [6, 6.07) is 0. The van der Waals surface area contributed by atoms with Crippen LogP contribution >= 0.6 is 0 Å². The Hall–Kier alpha value is -0.670. The van der Waals surface area contributed by atoms with Gasteiger partial charge in [0.1, 0.15) is 0 Å². The first kappa shape index (κ1) is 9.55. The van der Waals surface area contributed by atoms with Crippen molar-refractivity contribution in [2.24, 2.45) is 23.2 Å². The summed E-state index contributed by atoms with van der Waals surface area (Å²) in [7, 11) is 0. The lowest BCUT2D eigenvalue weighted by atomic mass is 9.48. The second-order valence-corrected chi connectivity index (χ2v) is 5.60. The molecular weight excluding hydrogens is 202 g/mol. The number of aliphatic carboxylic acids is 1. The normalized spacial score (nSPS) is 50.7. The lowest BCUT2D eigenvalue weighted by Gasteiger charge is -2.57. The highest BCUT2D eigenvalue weighted by Crippen LogP contribution is 2.65. The van der Waals surface area contributed by atoms with Crippen LogP contribution in [0.1, 0.15) is 32.1 Å². The van der Waals surface area contributed by atoms with E-state index >= 15 is 0 Å². The summed E-state index contributed by atoms with van der Waals surface area (Å²) < 4.78 is 27.5. The van der Waals surface area contributed by atoms with Crippen LogP contribution in [-0.2, 0) is 4.79 Å². The van der Waals surface area contributed by atoms with E-state index in [0.29, 0.717) is 19.3 Å². The zero-order chi connectivity index (χ0) is 10.8. The van der Waals surface area contributed by atoms with Crippen molar-refractivity contribution in [2.45, 2.75) is 38.0 Å². The molecule has 4 fully saturated rings. The van der Waals surface area contributed by atoms with Gasteiger partial charge in [0.05, 0.1) is 5.41 Å². The standard InChI is InChI=1S/C11H14F2O2/c12-11(13)7-1-6-2-8(11)5-10(3-6,4-7)9(14)15/h6-8H,1-5H2,(H,14,15)/t6?,7-,8-,10?/m1/s1. The van der Waals surface area contributed by atoms with Gasteiger partial charge in [-0.15, -0.1) is 0 Å². The molecule has 84 valence electrons. The fraction of sp³-hybridized carbons (Fsp3) is 0.909. The zero-order valence-corrected chi connectivity index (χ0v) is 8.38. The van der Waals surface area contributed by atoms with E-state index in [4.69, 9.17) is 0 Å². The fourth-order valence-corrected chi connectivity index (χ4v) is 4.16. The van der Waals surface area contributed by atoms with Crippen LogP contribution in [0, 0.1) is 23.2 Å². The van der Waals surface area contributed by atoms with Gasteiger partial charge < -0.3 is 5.11 Å². The lowest BCUT2D eigenvalue weighted by Crippen LogP contribution is -2.59. The van der Waals surface area contributed by atoms with Crippen molar-refractivity contribution in [3.8, 4) is 0 Å². The van der Waals surface area contributed by atoms with Crippen molar-refractivity contribution in [3.63, 3.8) is 0 Å². The van der Waals surface area contributed by atoms with E-state index in [2.05, 4.69) is 0 Å². The van der Waals surface area contributed by atoms with Gasteiger partial charge in [-0.2, -0.15) is 0 Å². The highest BCUT2D eigenvalue weighted by atomic mass is 19.3. The number of carboxylic acids is 1. The fourth-order valence-electron chi connectivity index (χ4n) is 4.16. The second-order valence-electron chi connectivity index (χ2n) is 5.60. The number of carboxylic acid groups (broad SMARTS) is 1. The minimum Gasteiger partial charge on any atom is -0.481 e. The molecule has 0 aromatic rings. The van der Waals surface area contributed by atoms with Gasteiger partial charge >= 0.3 is 5.97 Å². The van der Waals surface area contributed by atoms with Gasteiger partial charge in [0.2, 0.25) is 0 Å². The Morgan fingerprint density at radius 3 is 2.13 bits per heavy atom. The first-order valence-electron chi connectivity index (χ1n) is 5.55. The first-order chi connectivity index (χ1) is 6.94. The predicted octanol–water partition coefficient (Wildman–Crippen LogP) is 2.53.